The molecule has 0 radical (unpaired) electrons. The first-order valence-electron chi connectivity index (χ1n) is 9.70. The van der Waals surface area contributed by atoms with Crippen LogP contribution in [0.15, 0.2) is 23.3 Å². The molecule has 27 heavy (non-hydrogen) atoms. The summed E-state index contributed by atoms with van der Waals surface area (Å²) in [6, 6.07) is 4.16. The number of carbonyl (C=O) groups excluding carboxylic acids is 1. The molecule has 150 valence electrons. The van der Waals surface area contributed by atoms with Gasteiger partial charge >= 0.3 is 6.09 Å². The van der Waals surface area contributed by atoms with Crippen molar-refractivity contribution in [2.24, 2.45) is 4.99 Å². The smallest absolute Gasteiger partial charge is 0.409 e. The van der Waals surface area contributed by atoms with E-state index in [1.165, 1.54) is 0 Å². The van der Waals surface area contributed by atoms with Crippen LogP contribution in [-0.2, 0) is 11.3 Å². The Labute approximate surface area is 162 Å². The average Bonchev–Trinajstić information content (AvgIpc) is 2.71. The van der Waals surface area contributed by atoms with Crippen molar-refractivity contribution in [2.45, 2.75) is 27.3 Å². The molecule has 1 aliphatic rings. The van der Waals surface area contributed by atoms with Crippen molar-refractivity contribution in [1.82, 2.24) is 20.1 Å². The van der Waals surface area contributed by atoms with Gasteiger partial charge in [0.2, 0.25) is 0 Å². The van der Waals surface area contributed by atoms with Crippen molar-refractivity contribution in [3.05, 3.63) is 23.9 Å². The molecule has 8 heteroatoms. The summed E-state index contributed by atoms with van der Waals surface area (Å²) in [6.45, 7) is 11.8. The molecule has 0 bridgehead atoms. The van der Waals surface area contributed by atoms with Gasteiger partial charge < -0.3 is 24.8 Å². The SMILES string of the molecule is CCOC(=O)N1CCN(C(=NC)NCc2ccc(N(CC)CC)nc2)CC1. The van der Waals surface area contributed by atoms with Crippen LogP contribution in [0.3, 0.4) is 0 Å². The van der Waals surface area contributed by atoms with Gasteiger partial charge in [-0.3, -0.25) is 4.99 Å². The second-order valence-electron chi connectivity index (χ2n) is 6.27. The second-order valence-corrected chi connectivity index (χ2v) is 6.27. The summed E-state index contributed by atoms with van der Waals surface area (Å²) in [7, 11) is 1.78. The first kappa shape index (κ1) is 20.8. The Morgan fingerprint density at radius 1 is 1.19 bits per heavy atom. The molecule has 1 N–H and O–H groups in total. The van der Waals surface area contributed by atoms with Crippen molar-refractivity contribution in [3.63, 3.8) is 0 Å². The molecular formula is C19H32N6O2. The third-order valence-corrected chi connectivity index (χ3v) is 4.66. The van der Waals surface area contributed by atoms with Crippen molar-refractivity contribution < 1.29 is 9.53 Å². The molecule has 0 spiro atoms. The number of piperazine rings is 1. The van der Waals surface area contributed by atoms with Crippen LogP contribution >= 0.6 is 0 Å². The molecule has 1 aromatic heterocycles. The molecule has 1 aliphatic heterocycles. The van der Waals surface area contributed by atoms with Crippen LogP contribution < -0.4 is 10.2 Å². The molecule has 1 amide bonds. The number of ether oxygens (including phenoxy) is 1. The molecule has 1 saturated heterocycles. The fraction of sp³-hybridized carbons (Fsp3) is 0.632. The Hall–Kier alpha value is -2.51. The monoisotopic (exact) mass is 376 g/mol. The Morgan fingerprint density at radius 2 is 1.85 bits per heavy atom. The van der Waals surface area contributed by atoms with Crippen molar-refractivity contribution in [2.75, 3.05) is 57.8 Å². The zero-order valence-electron chi connectivity index (χ0n) is 16.9. The van der Waals surface area contributed by atoms with Gasteiger partial charge in [0.1, 0.15) is 5.82 Å². The van der Waals surface area contributed by atoms with Gasteiger partial charge in [-0.15, -0.1) is 0 Å². The summed E-state index contributed by atoms with van der Waals surface area (Å²) in [6.07, 6.45) is 1.67. The quantitative estimate of drug-likeness (QED) is 0.603. The molecule has 0 aromatic carbocycles. The van der Waals surface area contributed by atoms with Gasteiger partial charge in [0.05, 0.1) is 6.61 Å². The van der Waals surface area contributed by atoms with Crippen LogP contribution in [0.25, 0.3) is 0 Å². The number of guanidine groups is 1. The maximum Gasteiger partial charge on any atom is 0.409 e. The number of aliphatic imine (C=N–C) groups is 1. The largest absolute Gasteiger partial charge is 0.450 e. The Morgan fingerprint density at radius 3 is 2.37 bits per heavy atom. The molecule has 0 unspecified atom stereocenters. The molecular weight excluding hydrogens is 344 g/mol. The third-order valence-electron chi connectivity index (χ3n) is 4.66. The van der Waals surface area contributed by atoms with Crippen LogP contribution in [0.4, 0.5) is 10.6 Å². The van der Waals surface area contributed by atoms with E-state index >= 15 is 0 Å². The van der Waals surface area contributed by atoms with E-state index in [0.29, 0.717) is 26.2 Å². The first-order chi connectivity index (χ1) is 13.1. The number of nitrogens with one attached hydrogen (secondary N) is 1. The lowest BCUT2D eigenvalue weighted by molar-refractivity contribution is 0.0914. The Bertz CT molecular complexity index is 607. The van der Waals surface area contributed by atoms with Crippen LogP contribution in [0, 0.1) is 0 Å². The molecule has 0 aliphatic carbocycles. The van der Waals surface area contributed by atoms with Gasteiger partial charge in [0, 0.05) is 59.1 Å². The Kier molecular flexibility index (Phi) is 8.16. The van der Waals surface area contributed by atoms with Gasteiger partial charge in [-0.05, 0) is 32.4 Å². The highest BCUT2D eigenvalue weighted by Gasteiger charge is 2.23. The number of aromatic nitrogens is 1. The maximum atomic E-state index is 11.8. The topological polar surface area (TPSA) is 73.3 Å². The predicted molar refractivity (Wildman–Crippen MR) is 108 cm³/mol. The molecule has 1 fully saturated rings. The standard InChI is InChI=1S/C19H32N6O2/c1-5-23(6-2)17-9-8-16(14-21-17)15-22-18(20-4)24-10-12-25(13-11-24)19(26)27-7-3/h8-9,14H,5-7,10-13,15H2,1-4H3,(H,20,22). The van der Waals surface area contributed by atoms with Gasteiger partial charge in [-0.25, -0.2) is 9.78 Å². The number of anilines is 1. The van der Waals surface area contributed by atoms with Crippen LogP contribution in [0.2, 0.25) is 0 Å². The molecule has 1 aromatic rings. The number of carbonyl (C=O) groups is 1. The van der Waals surface area contributed by atoms with Crippen molar-refractivity contribution >= 4 is 17.9 Å². The predicted octanol–water partition coefficient (Wildman–Crippen LogP) is 1.78. The minimum Gasteiger partial charge on any atom is -0.450 e. The van der Waals surface area contributed by atoms with E-state index in [4.69, 9.17) is 4.74 Å². The summed E-state index contributed by atoms with van der Waals surface area (Å²) in [5.41, 5.74) is 1.11. The van der Waals surface area contributed by atoms with E-state index in [9.17, 15) is 4.79 Å². The van der Waals surface area contributed by atoms with Gasteiger partial charge in [0.15, 0.2) is 5.96 Å². The zero-order valence-corrected chi connectivity index (χ0v) is 16.9. The lowest BCUT2D eigenvalue weighted by atomic mass is 10.2. The van der Waals surface area contributed by atoms with E-state index in [1.807, 2.05) is 13.1 Å². The van der Waals surface area contributed by atoms with Gasteiger partial charge in [-0.1, -0.05) is 6.07 Å². The summed E-state index contributed by atoms with van der Waals surface area (Å²) in [4.78, 5) is 26.9. The minimum atomic E-state index is -0.237. The highest BCUT2D eigenvalue weighted by Crippen LogP contribution is 2.11. The van der Waals surface area contributed by atoms with Crippen LogP contribution in [0.1, 0.15) is 26.3 Å². The zero-order chi connectivity index (χ0) is 19.6. The van der Waals surface area contributed by atoms with Gasteiger partial charge in [0.25, 0.3) is 0 Å². The third kappa shape index (κ3) is 5.74. The first-order valence-corrected chi connectivity index (χ1v) is 9.70. The maximum absolute atomic E-state index is 11.8. The minimum absolute atomic E-state index is 0.237. The van der Waals surface area contributed by atoms with Crippen molar-refractivity contribution in [3.8, 4) is 0 Å². The van der Waals surface area contributed by atoms with E-state index in [1.54, 1.807) is 11.9 Å². The molecule has 0 saturated carbocycles. The molecule has 2 rings (SSSR count). The van der Waals surface area contributed by atoms with Gasteiger partial charge in [-0.2, -0.15) is 0 Å². The van der Waals surface area contributed by atoms with E-state index in [-0.39, 0.29) is 6.09 Å². The van der Waals surface area contributed by atoms with E-state index in [2.05, 4.69) is 51.1 Å². The van der Waals surface area contributed by atoms with Crippen LogP contribution in [-0.4, -0.2) is 79.8 Å². The van der Waals surface area contributed by atoms with E-state index in [0.717, 1.165) is 43.5 Å². The number of hydrogen-bond donors (Lipinski definition) is 1. The second kappa shape index (κ2) is 10.6. The van der Waals surface area contributed by atoms with E-state index < -0.39 is 0 Å². The number of hydrogen-bond acceptors (Lipinski definition) is 5. The Balaban J connectivity index is 1.85. The summed E-state index contributed by atoms with van der Waals surface area (Å²) < 4.78 is 5.06. The molecule has 0 atom stereocenters. The average molecular weight is 377 g/mol. The molecule has 8 nitrogen and oxygen atoms in total. The lowest BCUT2D eigenvalue weighted by Gasteiger charge is -2.35. The van der Waals surface area contributed by atoms with Crippen molar-refractivity contribution in [1.29, 1.82) is 0 Å². The van der Waals surface area contributed by atoms with Crippen LogP contribution in [0.5, 0.6) is 0 Å². The number of nitrogens with zero attached hydrogens (tertiary/aromatic N) is 5. The summed E-state index contributed by atoms with van der Waals surface area (Å²) in [5.74, 6) is 1.84. The fourth-order valence-corrected chi connectivity index (χ4v) is 3.08. The fourth-order valence-electron chi connectivity index (χ4n) is 3.08. The number of rotatable bonds is 6. The highest BCUT2D eigenvalue weighted by molar-refractivity contribution is 5.80. The lowest BCUT2D eigenvalue weighted by Crippen LogP contribution is -2.53. The highest BCUT2D eigenvalue weighted by atomic mass is 16.6. The number of pyridine rings is 1. The summed E-state index contributed by atoms with van der Waals surface area (Å²) >= 11 is 0. The number of amides is 1. The summed E-state index contributed by atoms with van der Waals surface area (Å²) in [5, 5.41) is 3.39. The normalized spacial score (nSPS) is 14.9. The molecule has 2 heterocycles.